The number of ether oxygens (including phenoxy) is 2. The van der Waals surface area contributed by atoms with Crippen LogP contribution in [0.3, 0.4) is 0 Å². The standard InChI is InChI=1S/C29H25FN2O5S/c1-36-28(34)23-20(16-7-4-3-5-8-16)14-21-24(26(23)33)22(17-11-12-38-15-17)25(29(35)37-2)27(31)32(21)19-10-6-9-18(30)13-19/h3-13,15,20,22-23H,14,31H2,1-2H3/t20-,22-,23-/m0/s1. The van der Waals surface area contributed by atoms with Crippen LogP contribution in [-0.2, 0) is 23.9 Å². The average Bonchev–Trinajstić information content (AvgIpc) is 3.46. The van der Waals surface area contributed by atoms with Crippen molar-refractivity contribution in [3.05, 3.63) is 111 Å². The summed E-state index contributed by atoms with van der Waals surface area (Å²) in [5.74, 6) is -4.92. The van der Waals surface area contributed by atoms with Crippen molar-refractivity contribution in [2.75, 3.05) is 19.1 Å². The Morgan fingerprint density at radius 1 is 1.03 bits per heavy atom. The van der Waals surface area contributed by atoms with Crippen LogP contribution in [-0.4, -0.2) is 31.9 Å². The molecule has 0 fully saturated rings. The number of allylic oxidation sites excluding steroid dienone is 2. The van der Waals surface area contributed by atoms with E-state index in [0.717, 1.165) is 5.56 Å². The molecule has 0 saturated carbocycles. The minimum atomic E-state index is -1.14. The number of halogens is 1. The van der Waals surface area contributed by atoms with E-state index >= 15 is 0 Å². The van der Waals surface area contributed by atoms with Gasteiger partial charge in [0.2, 0.25) is 0 Å². The largest absolute Gasteiger partial charge is 0.468 e. The van der Waals surface area contributed by atoms with E-state index in [4.69, 9.17) is 15.2 Å². The predicted molar refractivity (Wildman–Crippen MR) is 141 cm³/mol. The lowest BCUT2D eigenvalue weighted by atomic mass is 9.67. The fraction of sp³-hybridized carbons (Fsp3) is 0.207. The van der Waals surface area contributed by atoms with Gasteiger partial charge in [-0.25, -0.2) is 9.18 Å². The van der Waals surface area contributed by atoms with Crippen LogP contribution < -0.4 is 10.6 Å². The van der Waals surface area contributed by atoms with Gasteiger partial charge in [-0.05, 0) is 52.6 Å². The first-order chi connectivity index (χ1) is 18.4. The highest BCUT2D eigenvalue weighted by Gasteiger charge is 2.51. The summed E-state index contributed by atoms with van der Waals surface area (Å²) in [6.07, 6.45) is 0.219. The lowest BCUT2D eigenvalue weighted by molar-refractivity contribution is -0.150. The van der Waals surface area contributed by atoms with Crippen molar-refractivity contribution in [3.8, 4) is 0 Å². The lowest BCUT2D eigenvalue weighted by Gasteiger charge is -2.43. The molecule has 1 aromatic heterocycles. The molecule has 3 atom stereocenters. The SMILES string of the molecule is COC(=O)C1=C(N)N(c2cccc(F)c2)C2=C(C(=O)[C@@H](C(=O)OC)[C@H](c3ccccc3)C2)[C@@H]1c1ccsc1. The van der Waals surface area contributed by atoms with Gasteiger partial charge in [-0.1, -0.05) is 36.4 Å². The molecule has 38 heavy (non-hydrogen) atoms. The Morgan fingerprint density at radius 3 is 2.42 bits per heavy atom. The molecule has 2 aromatic carbocycles. The number of hydrogen-bond donors (Lipinski definition) is 1. The first kappa shape index (κ1) is 25.4. The lowest BCUT2D eigenvalue weighted by Crippen LogP contribution is -2.46. The van der Waals surface area contributed by atoms with E-state index < -0.39 is 41.3 Å². The highest BCUT2D eigenvalue weighted by Crippen LogP contribution is 2.51. The number of benzene rings is 2. The third-order valence-corrected chi connectivity index (χ3v) is 7.77. The predicted octanol–water partition coefficient (Wildman–Crippen LogP) is 4.63. The van der Waals surface area contributed by atoms with Crippen LogP contribution >= 0.6 is 11.3 Å². The van der Waals surface area contributed by atoms with E-state index in [1.54, 1.807) is 12.1 Å². The van der Waals surface area contributed by atoms with Crippen molar-refractivity contribution in [1.29, 1.82) is 0 Å². The number of ketones is 1. The van der Waals surface area contributed by atoms with Crippen molar-refractivity contribution in [2.24, 2.45) is 11.7 Å². The number of anilines is 1. The second-order valence-electron chi connectivity index (χ2n) is 9.04. The van der Waals surface area contributed by atoms with E-state index in [1.807, 2.05) is 41.1 Å². The molecule has 0 amide bonds. The summed E-state index contributed by atoms with van der Waals surface area (Å²) in [7, 11) is 2.48. The molecule has 9 heteroatoms. The minimum absolute atomic E-state index is 0.0357. The summed E-state index contributed by atoms with van der Waals surface area (Å²) in [5.41, 5.74) is 9.25. The number of nitrogens with zero attached hydrogens (tertiary/aromatic N) is 1. The molecular formula is C29H25FN2O5S. The maximum Gasteiger partial charge on any atom is 0.338 e. The van der Waals surface area contributed by atoms with Crippen LogP contribution in [0.5, 0.6) is 0 Å². The Labute approximate surface area is 223 Å². The third-order valence-electron chi connectivity index (χ3n) is 7.07. The van der Waals surface area contributed by atoms with Gasteiger partial charge in [0.25, 0.3) is 0 Å². The van der Waals surface area contributed by atoms with Crippen molar-refractivity contribution in [2.45, 2.75) is 18.3 Å². The van der Waals surface area contributed by atoms with Crippen molar-refractivity contribution >= 4 is 34.7 Å². The van der Waals surface area contributed by atoms with Gasteiger partial charge in [-0.15, -0.1) is 0 Å². The highest BCUT2D eigenvalue weighted by molar-refractivity contribution is 7.08. The van der Waals surface area contributed by atoms with E-state index in [1.165, 1.54) is 48.7 Å². The summed E-state index contributed by atoms with van der Waals surface area (Å²) in [5, 5.41) is 3.66. The van der Waals surface area contributed by atoms with Crippen molar-refractivity contribution < 1.29 is 28.2 Å². The van der Waals surface area contributed by atoms with E-state index in [2.05, 4.69) is 0 Å². The second kappa shape index (κ2) is 10.3. The molecule has 1 aliphatic carbocycles. The molecule has 0 radical (unpaired) electrons. The third kappa shape index (κ3) is 4.18. The number of Topliss-reactive ketones (excluding diaryl/α,β-unsaturated/α-hetero) is 1. The number of esters is 2. The Morgan fingerprint density at radius 2 is 1.79 bits per heavy atom. The molecule has 5 rings (SSSR count). The summed E-state index contributed by atoms with van der Waals surface area (Å²) < 4.78 is 24.6. The quantitative estimate of drug-likeness (QED) is 0.378. The normalized spacial score (nSPS) is 21.3. The van der Waals surface area contributed by atoms with Gasteiger partial charge in [0.05, 0.1) is 31.4 Å². The first-order valence-corrected chi connectivity index (χ1v) is 12.9. The van der Waals surface area contributed by atoms with Gasteiger partial charge >= 0.3 is 11.9 Å². The number of thiophene rings is 1. The molecule has 2 aliphatic rings. The van der Waals surface area contributed by atoms with Crippen molar-refractivity contribution in [1.82, 2.24) is 0 Å². The molecule has 1 aliphatic heterocycles. The molecule has 2 N–H and O–H groups in total. The molecule has 7 nitrogen and oxygen atoms in total. The van der Waals surface area contributed by atoms with Crippen molar-refractivity contribution in [3.63, 3.8) is 0 Å². The zero-order chi connectivity index (χ0) is 27.0. The minimum Gasteiger partial charge on any atom is -0.468 e. The second-order valence-corrected chi connectivity index (χ2v) is 9.82. The topological polar surface area (TPSA) is 98.9 Å². The Balaban J connectivity index is 1.82. The van der Waals surface area contributed by atoms with Crippen LogP contribution in [0, 0.1) is 11.7 Å². The summed E-state index contributed by atoms with van der Waals surface area (Å²) in [6, 6.07) is 16.8. The molecule has 2 heterocycles. The fourth-order valence-corrected chi connectivity index (χ4v) is 6.12. The van der Waals surface area contributed by atoms with Crippen LogP contribution in [0.2, 0.25) is 0 Å². The van der Waals surface area contributed by atoms with E-state index in [9.17, 15) is 18.8 Å². The van der Waals surface area contributed by atoms with Crippen LogP contribution in [0.1, 0.15) is 29.4 Å². The number of carbonyl (C=O) groups excluding carboxylic acids is 3. The molecule has 3 aromatic rings. The van der Waals surface area contributed by atoms with Crippen LogP contribution in [0.15, 0.2) is 94.1 Å². The molecule has 0 unspecified atom stereocenters. The monoisotopic (exact) mass is 532 g/mol. The summed E-state index contributed by atoms with van der Waals surface area (Å²) in [6.45, 7) is 0. The zero-order valence-electron chi connectivity index (χ0n) is 20.7. The summed E-state index contributed by atoms with van der Waals surface area (Å²) in [4.78, 5) is 42.2. The highest BCUT2D eigenvalue weighted by atomic mass is 32.1. The maximum atomic E-state index is 14.4. The number of carbonyl (C=O) groups is 3. The van der Waals surface area contributed by atoms with Gasteiger partial charge in [0.15, 0.2) is 5.78 Å². The fourth-order valence-electron chi connectivity index (χ4n) is 5.43. The number of nitrogens with two attached hydrogens (primary N) is 1. The molecule has 0 bridgehead atoms. The molecule has 0 spiro atoms. The molecule has 0 saturated heterocycles. The van der Waals surface area contributed by atoms with E-state index in [0.29, 0.717) is 16.9 Å². The number of hydrogen-bond acceptors (Lipinski definition) is 8. The smallest absolute Gasteiger partial charge is 0.338 e. The maximum absolute atomic E-state index is 14.4. The van der Waals surface area contributed by atoms with Gasteiger partial charge in [-0.2, -0.15) is 11.3 Å². The van der Waals surface area contributed by atoms with Crippen LogP contribution in [0.25, 0.3) is 0 Å². The Bertz CT molecular complexity index is 1470. The zero-order valence-corrected chi connectivity index (χ0v) is 21.5. The average molecular weight is 533 g/mol. The molecular weight excluding hydrogens is 507 g/mol. The molecule has 194 valence electrons. The Kier molecular flexibility index (Phi) is 6.86. The Hall–Kier alpha value is -4.24. The van der Waals surface area contributed by atoms with Gasteiger partial charge in [0.1, 0.15) is 17.6 Å². The van der Waals surface area contributed by atoms with Gasteiger partial charge < -0.3 is 15.2 Å². The van der Waals surface area contributed by atoms with Gasteiger partial charge in [0, 0.05) is 17.2 Å². The van der Waals surface area contributed by atoms with Gasteiger partial charge in [-0.3, -0.25) is 14.5 Å². The summed E-state index contributed by atoms with van der Waals surface area (Å²) >= 11 is 1.40. The first-order valence-electron chi connectivity index (χ1n) is 11.9. The van der Waals surface area contributed by atoms with E-state index in [-0.39, 0.29) is 23.4 Å². The number of methoxy groups -OCH3 is 2. The number of rotatable bonds is 5. The van der Waals surface area contributed by atoms with Crippen LogP contribution in [0.4, 0.5) is 10.1 Å².